The zero-order valence-corrected chi connectivity index (χ0v) is 9.74. The number of hydrogen-bond acceptors (Lipinski definition) is 2. The first-order valence-electron chi connectivity index (χ1n) is 6.03. The molecule has 0 aromatic heterocycles. The van der Waals surface area contributed by atoms with Crippen LogP contribution < -0.4 is 0 Å². The molecule has 0 bridgehead atoms. The SMILES string of the molecule is CCc1cccc(C(=O)CC2CCCO2)c1. The molecule has 0 N–H and O–H groups in total. The van der Waals surface area contributed by atoms with E-state index in [-0.39, 0.29) is 11.9 Å². The van der Waals surface area contributed by atoms with Gasteiger partial charge >= 0.3 is 0 Å². The maximum Gasteiger partial charge on any atom is 0.165 e. The molecule has 86 valence electrons. The summed E-state index contributed by atoms with van der Waals surface area (Å²) in [5.74, 6) is 0.210. The zero-order valence-electron chi connectivity index (χ0n) is 9.74. The van der Waals surface area contributed by atoms with Crippen molar-refractivity contribution in [2.75, 3.05) is 6.61 Å². The molecular weight excluding hydrogens is 200 g/mol. The van der Waals surface area contributed by atoms with Gasteiger partial charge in [0.05, 0.1) is 6.10 Å². The molecular formula is C14H18O2. The number of carbonyl (C=O) groups excluding carboxylic acids is 1. The highest BCUT2D eigenvalue weighted by Gasteiger charge is 2.19. The van der Waals surface area contributed by atoms with E-state index in [1.165, 1.54) is 5.56 Å². The quantitative estimate of drug-likeness (QED) is 0.726. The molecule has 1 aliphatic heterocycles. The molecule has 2 rings (SSSR count). The molecule has 2 heteroatoms. The Morgan fingerprint density at radius 1 is 1.50 bits per heavy atom. The highest BCUT2D eigenvalue weighted by atomic mass is 16.5. The standard InChI is InChI=1S/C14H18O2/c1-2-11-5-3-6-12(9-11)14(15)10-13-7-4-8-16-13/h3,5-6,9,13H,2,4,7-8,10H2,1H3. The summed E-state index contributed by atoms with van der Waals surface area (Å²) in [6.45, 7) is 2.91. The summed E-state index contributed by atoms with van der Waals surface area (Å²) < 4.78 is 5.48. The fourth-order valence-corrected chi connectivity index (χ4v) is 2.09. The smallest absolute Gasteiger partial charge is 0.165 e. The van der Waals surface area contributed by atoms with Crippen LogP contribution in [0.25, 0.3) is 0 Å². The van der Waals surface area contributed by atoms with Crippen molar-refractivity contribution in [3.8, 4) is 0 Å². The molecule has 0 spiro atoms. The summed E-state index contributed by atoms with van der Waals surface area (Å²) >= 11 is 0. The number of Topliss-reactive ketones (excluding diaryl/α,β-unsaturated/α-hetero) is 1. The Morgan fingerprint density at radius 2 is 2.38 bits per heavy atom. The van der Waals surface area contributed by atoms with Crippen LogP contribution >= 0.6 is 0 Å². The molecule has 1 aliphatic rings. The largest absolute Gasteiger partial charge is 0.378 e. The van der Waals surface area contributed by atoms with E-state index in [0.29, 0.717) is 6.42 Å². The summed E-state index contributed by atoms with van der Waals surface area (Å²) in [5.41, 5.74) is 2.05. The fraction of sp³-hybridized carbons (Fsp3) is 0.500. The van der Waals surface area contributed by atoms with Crippen molar-refractivity contribution in [1.29, 1.82) is 0 Å². The van der Waals surface area contributed by atoms with Crippen LogP contribution in [0.15, 0.2) is 24.3 Å². The van der Waals surface area contributed by atoms with Crippen molar-refractivity contribution in [2.45, 2.75) is 38.7 Å². The maximum absolute atomic E-state index is 12.0. The van der Waals surface area contributed by atoms with E-state index in [2.05, 4.69) is 13.0 Å². The van der Waals surface area contributed by atoms with E-state index < -0.39 is 0 Å². The van der Waals surface area contributed by atoms with E-state index in [0.717, 1.165) is 31.4 Å². The van der Waals surface area contributed by atoms with Crippen LogP contribution in [-0.4, -0.2) is 18.5 Å². The Kier molecular flexibility index (Phi) is 3.73. The molecule has 1 unspecified atom stereocenters. The highest BCUT2D eigenvalue weighted by molar-refractivity contribution is 5.96. The lowest BCUT2D eigenvalue weighted by Gasteiger charge is -2.08. The van der Waals surface area contributed by atoms with Crippen LogP contribution in [0, 0.1) is 0 Å². The second-order valence-electron chi connectivity index (χ2n) is 4.32. The van der Waals surface area contributed by atoms with Gasteiger partial charge < -0.3 is 4.74 Å². The van der Waals surface area contributed by atoms with Gasteiger partial charge in [0.1, 0.15) is 0 Å². The first kappa shape index (κ1) is 11.3. The zero-order chi connectivity index (χ0) is 11.4. The number of hydrogen-bond donors (Lipinski definition) is 0. The normalized spacial score (nSPS) is 19.9. The second kappa shape index (κ2) is 5.26. The van der Waals surface area contributed by atoms with Crippen molar-refractivity contribution in [3.05, 3.63) is 35.4 Å². The lowest BCUT2D eigenvalue weighted by atomic mass is 10.0. The van der Waals surface area contributed by atoms with Crippen molar-refractivity contribution in [1.82, 2.24) is 0 Å². The van der Waals surface area contributed by atoms with Crippen LogP contribution in [0.4, 0.5) is 0 Å². The number of aryl methyl sites for hydroxylation is 1. The molecule has 1 aromatic carbocycles. The van der Waals surface area contributed by atoms with Crippen molar-refractivity contribution in [2.24, 2.45) is 0 Å². The monoisotopic (exact) mass is 218 g/mol. The fourth-order valence-electron chi connectivity index (χ4n) is 2.09. The number of ketones is 1. The highest BCUT2D eigenvalue weighted by Crippen LogP contribution is 2.18. The second-order valence-corrected chi connectivity index (χ2v) is 4.32. The Morgan fingerprint density at radius 3 is 3.06 bits per heavy atom. The van der Waals surface area contributed by atoms with E-state index in [1.54, 1.807) is 0 Å². The molecule has 1 fully saturated rings. The Labute approximate surface area is 96.6 Å². The number of rotatable bonds is 4. The Hall–Kier alpha value is -1.15. The first-order valence-corrected chi connectivity index (χ1v) is 6.03. The number of benzene rings is 1. The molecule has 16 heavy (non-hydrogen) atoms. The molecule has 0 radical (unpaired) electrons. The Bertz CT molecular complexity index is 365. The van der Waals surface area contributed by atoms with Gasteiger partial charge in [-0.1, -0.05) is 25.1 Å². The lowest BCUT2D eigenvalue weighted by molar-refractivity contribution is 0.0775. The van der Waals surface area contributed by atoms with Gasteiger partial charge in [-0.2, -0.15) is 0 Å². The maximum atomic E-state index is 12.0. The van der Waals surface area contributed by atoms with Crippen LogP contribution in [0.1, 0.15) is 42.1 Å². The van der Waals surface area contributed by atoms with E-state index >= 15 is 0 Å². The molecule has 1 aromatic rings. The molecule has 1 atom stereocenters. The van der Waals surface area contributed by atoms with Gasteiger partial charge in [-0.25, -0.2) is 0 Å². The summed E-state index contributed by atoms with van der Waals surface area (Å²) in [7, 11) is 0. The molecule has 2 nitrogen and oxygen atoms in total. The van der Waals surface area contributed by atoms with E-state index in [9.17, 15) is 4.79 Å². The van der Waals surface area contributed by atoms with Gasteiger partial charge in [-0.05, 0) is 30.9 Å². The summed E-state index contributed by atoms with van der Waals surface area (Å²) in [6.07, 6.45) is 3.78. The molecule has 1 saturated heterocycles. The third-order valence-electron chi connectivity index (χ3n) is 3.09. The van der Waals surface area contributed by atoms with Gasteiger partial charge in [0.15, 0.2) is 5.78 Å². The predicted octanol–water partition coefficient (Wildman–Crippen LogP) is 3.00. The van der Waals surface area contributed by atoms with E-state index in [4.69, 9.17) is 4.74 Å². The summed E-state index contributed by atoms with van der Waals surface area (Å²) in [4.78, 5) is 12.0. The van der Waals surface area contributed by atoms with Crippen molar-refractivity contribution >= 4 is 5.78 Å². The first-order chi connectivity index (χ1) is 7.79. The van der Waals surface area contributed by atoms with Crippen LogP contribution in [0.2, 0.25) is 0 Å². The molecule has 0 aliphatic carbocycles. The summed E-state index contributed by atoms with van der Waals surface area (Å²) in [6, 6.07) is 7.91. The van der Waals surface area contributed by atoms with E-state index in [1.807, 2.05) is 18.2 Å². The topological polar surface area (TPSA) is 26.3 Å². The Balaban J connectivity index is 2.01. The lowest BCUT2D eigenvalue weighted by Crippen LogP contribution is -2.12. The third-order valence-corrected chi connectivity index (χ3v) is 3.09. The van der Waals surface area contributed by atoms with Gasteiger partial charge in [0, 0.05) is 18.6 Å². The number of ether oxygens (including phenoxy) is 1. The third kappa shape index (κ3) is 2.70. The molecule has 0 amide bonds. The van der Waals surface area contributed by atoms with Gasteiger partial charge in [0.25, 0.3) is 0 Å². The van der Waals surface area contributed by atoms with Gasteiger partial charge in [0.2, 0.25) is 0 Å². The molecule has 0 saturated carbocycles. The predicted molar refractivity (Wildman–Crippen MR) is 63.7 cm³/mol. The minimum Gasteiger partial charge on any atom is -0.378 e. The minimum atomic E-state index is 0.151. The summed E-state index contributed by atoms with van der Waals surface area (Å²) in [5, 5.41) is 0. The average Bonchev–Trinajstić information content (AvgIpc) is 2.82. The molecule has 1 heterocycles. The van der Waals surface area contributed by atoms with Crippen LogP contribution in [0.3, 0.4) is 0 Å². The van der Waals surface area contributed by atoms with Crippen LogP contribution in [0.5, 0.6) is 0 Å². The van der Waals surface area contributed by atoms with Crippen molar-refractivity contribution < 1.29 is 9.53 Å². The van der Waals surface area contributed by atoms with Gasteiger partial charge in [-0.15, -0.1) is 0 Å². The van der Waals surface area contributed by atoms with Crippen LogP contribution in [-0.2, 0) is 11.2 Å². The number of carbonyl (C=O) groups is 1. The average molecular weight is 218 g/mol. The minimum absolute atomic E-state index is 0.151. The van der Waals surface area contributed by atoms with Gasteiger partial charge in [-0.3, -0.25) is 4.79 Å². The van der Waals surface area contributed by atoms with Crippen molar-refractivity contribution in [3.63, 3.8) is 0 Å².